The van der Waals surface area contributed by atoms with Gasteiger partial charge in [0, 0.05) is 24.5 Å². The molecule has 2 heterocycles. The summed E-state index contributed by atoms with van der Waals surface area (Å²) in [5, 5.41) is 10.5. The van der Waals surface area contributed by atoms with Crippen molar-refractivity contribution < 1.29 is 4.79 Å². The van der Waals surface area contributed by atoms with Crippen LogP contribution in [-0.2, 0) is 4.79 Å². The number of anilines is 1. The number of benzene rings is 1. The summed E-state index contributed by atoms with van der Waals surface area (Å²) in [7, 11) is 0. The summed E-state index contributed by atoms with van der Waals surface area (Å²) >= 11 is 0. The smallest absolute Gasteiger partial charge is 0.224 e. The molecule has 1 aromatic heterocycles. The number of hydrogen-bond donors (Lipinski definition) is 2. The highest BCUT2D eigenvalue weighted by Gasteiger charge is 2.16. The summed E-state index contributed by atoms with van der Waals surface area (Å²) in [5.41, 5.74) is 1.77. The highest BCUT2D eigenvalue weighted by atomic mass is 16.1. The van der Waals surface area contributed by atoms with Gasteiger partial charge in [0.05, 0.1) is 5.69 Å². The Kier molecular flexibility index (Phi) is 4.31. The lowest BCUT2D eigenvalue weighted by Crippen LogP contribution is -2.30. The van der Waals surface area contributed by atoms with Crippen molar-refractivity contribution in [3.8, 4) is 5.69 Å². The molecule has 1 aliphatic rings. The first kappa shape index (κ1) is 13.8. The number of hydrogen-bond acceptors (Lipinski definition) is 3. The van der Waals surface area contributed by atoms with Crippen molar-refractivity contribution in [2.45, 2.75) is 19.3 Å². The van der Waals surface area contributed by atoms with Gasteiger partial charge in [-0.15, -0.1) is 0 Å². The second-order valence-electron chi connectivity index (χ2n) is 5.45. The highest BCUT2D eigenvalue weighted by Crippen LogP contribution is 2.18. The fraction of sp³-hybridized carbons (Fsp3) is 0.375. The number of carbonyl (C=O) groups is 1. The average molecular weight is 284 g/mol. The number of nitrogens with one attached hydrogen (secondary N) is 2. The molecule has 0 aliphatic carbocycles. The first-order valence-electron chi connectivity index (χ1n) is 7.42. The second kappa shape index (κ2) is 6.54. The second-order valence-corrected chi connectivity index (χ2v) is 5.45. The molecule has 1 aromatic carbocycles. The van der Waals surface area contributed by atoms with E-state index in [1.54, 1.807) is 10.9 Å². The zero-order chi connectivity index (χ0) is 14.5. The van der Waals surface area contributed by atoms with Crippen molar-refractivity contribution in [1.29, 1.82) is 0 Å². The number of carbonyl (C=O) groups excluding carboxylic acids is 1. The van der Waals surface area contributed by atoms with Crippen LogP contribution in [-0.4, -0.2) is 28.8 Å². The van der Waals surface area contributed by atoms with Crippen molar-refractivity contribution >= 4 is 11.6 Å². The van der Waals surface area contributed by atoms with Crippen LogP contribution in [0.2, 0.25) is 0 Å². The Labute approximate surface area is 124 Å². The molecule has 0 saturated carbocycles. The minimum absolute atomic E-state index is 0.0968. The van der Waals surface area contributed by atoms with E-state index >= 15 is 0 Å². The zero-order valence-electron chi connectivity index (χ0n) is 12.0. The van der Waals surface area contributed by atoms with E-state index in [1.165, 1.54) is 0 Å². The Morgan fingerprint density at radius 1 is 1.33 bits per heavy atom. The van der Waals surface area contributed by atoms with E-state index < -0.39 is 0 Å². The van der Waals surface area contributed by atoms with Gasteiger partial charge in [-0.05, 0) is 56.1 Å². The van der Waals surface area contributed by atoms with Crippen LogP contribution in [0, 0.1) is 5.92 Å². The van der Waals surface area contributed by atoms with Gasteiger partial charge < -0.3 is 10.6 Å². The predicted molar refractivity (Wildman–Crippen MR) is 82.4 cm³/mol. The van der Waals surface area contributed by atoms with Crippen LogP contribution in [0.1, 0.15) is 19.3 Å². The molecule has 1 saturated heterocycles. The van der Waals surface area contributed by atoms with Gasteiger partial charge in [-0.3, -0.25) is 4.79 Å². The minimum atomic E-state index is 0.0968. The summed E-state index contributed by atoms with van der Waals surface area (Å²) < 4.78 is 1.78. The third-order valence-corrected chi connectivity index (χ3v) is 3.83. The number of aromatic nitrogens is 2. The fourth-order valence-electron chi connectivity index (χ4n) is 2.71. The van der Waals surface area contributed by atoms with Crippen LogP contribution in [0.3, 0.4) is 0 Å². The molecular weight excluding hydrogens is 264 g/mol. The first-order valence-corrected chi connectivity index (χ1v) is 7.42. The molecule has 2 N–H and O–H groups in total. The van der Waals surface area contributed by atoms with E-state index in [1.807, 2.05) is 36.5 Å². The third kappa shape index (κ3) is 3.70. The van der Waals surface area contributed by atoms with E-state index in [0.29, 0.717) is 12.3 Å². The van der Waals surface area contributed by atoms with Gasteiger partial charge in [0.25, 0.3) is 0 Å². The topological polar surface area (TPSA) is 59.0 Å². The summed E-state index contributed by atoms with van der Waals surface area (Å²) in [6, 6.07) is 9.62. The van der Waals surface area contributed by atoms with Gasteiger partial charge in [0.1, 0.15) is 0 Å². The van der Waals surface area contributed by atoms with Crippen molar-refractivity contribution in [2.75, 3.05) is 18.4 Å². The van der Waals surface area contributed by atoms with Crippen LogP contribution in [0.15, 0.2) is 42.7 Å². The molecule has 0 unspecified atom stereocenters. The van der Waals surface area contributed by atoms with Crippen molar-refractivity contribution in [1.82, 2.24) is 15.1 Å². The predicted octanol–water partition coefficient (Wildman–Crippen LogP) is 2.20. The van der Waals surface area contributed by atoms with Gasteiger partial charge in [-0.2, -0.15) is 5.10 Å². The lowest BCUT2D eigenvalue weighted by atomic mass is 9.94. The molecule has 3 rings (SSSR count). The SMILES string of the molecule is O=C(CC1CCNCC1)Nc1cccc(-n2cccn2)c1. The van der Waals surface area contributed by atoms with Crippen LogP contribution in [0.4, 0.5) is 5.69 Å². The molecule has 5 heteroatoms. The summed E-state index contributed by atoms with van der Waals surface area (Å²) in [6.45, 7) is 2.04. The maximum atomic E-state index is 12.1. The van der Waals surface area contributed by atoms with Crippen LogP contribution < -0.4 is 10.6 Å². The Hall–Kier alpha value is -2.14. The van der Waals surface area contributed by atoms with E-state index in [0.717, 1.165) is 37.3 Å². The van der Waals surface area contributed by atoms with Crippen LogP contribution >= 0.6 is 0 Å². The molecule has 0 bridgehead atoms. The first-order chi connectivity index (χ1) is 10.3. The Morgan fingerprint density at radius 2 is 2.19 bits per heavy atom. The van der Waals surface area contributed by atoms with Gasteiger partial charge in [0.2, 0.25) is 5.91 Å². The third-order valence-electron chi connectivity index (χ3n) is 3.83. The van der Waals surface area contributed by atoms with E-state index in [9.17, 15) is 4.79 Å². The molecule has 2 aromatic rings. The molecule has 5 nitrogen and oxygen atoms in total. The molecule has 1 aliphatic heterocycles. The largest absolute Gasteiger partial charge is 0.326 e. The fourth-order valence-corrected chi connectivity index (χ4v) is 2.71. The molecule has 1 fully saturated rings. The van der Waals surface area contributed by atoms with Crippen LogP contribution in [0.5, 0.6) is 0 Å². The maximum Gasteiger partial charge on any atom is 0.224 e. The number of amides is 1. The van der Waals surface area contributed by atoms with E-state index in [4.69, 9.17) is 0 Å². The molecule has 0 radical (unpaired) electrons. The maximum absolute atomic E-state index is 12.1. The highest BCUT2D eigenvalue weighted by molar-refractivity contribution is 5.91. The quantitative estimate of drug-likeness (QED) is 0.905. The molecule has 0 atom stereocenters. The van der Waals surface area contributed by atoms with Gasteiger partial charge in [-0.25, -0.2) is 4.68 Å². The Morgan fingerprint density at radius 3 is 2.95 bits per heavy atom. The summed E-state index contributed by atoms with van der Waals surface area (Å²) in [4.78, 5) is 12.1. The van der Waals surface area contributed by atoms with Crippen molar-refractivity contribution in [3.63, 3.8) is 0 Å². The van der Waals surface area contributed by atoms with Crippen LogP contribution in [0.25, 0.3) is 5.69 Å². The molecule has 1 amide bonds. The molecule has 21 heavy (non-hydrogen) atoms. The average Bonchev–Trinajstić information content (AvgIpc) is 3.02. The zero-order valence-corrected chi connectivity index (χ0v) is 12.0. The lowest BCUT2D eigenvalue weighted by molar-refractivity contribution is -0.117. The van der Waals surface area contributed by atoms with Gasteiger partial charge in [-0.1, -0.05) is 6.07 Å². The van der Waals surface area contributed by atoms with Crippen molar-refractivity contribution in [3.05, 3.63) is 42.7 Å². The Bertz CT molecular complexity index is 588. The van der Waals surface area contributed by atoms with Crippen molar-refractivity contribution in [2.24, 2.45) is 5.92 Å². The van der Waals surface area contributed by atoms with Gasteiger partial charge >= 0.3 is 0 Å². The molecule has 0 spiro atoms. The lowest BCUT2D eigenvalue weighted by Gasteiger charge is -2.21. The normalized spacial score (nSPS) is 15.8. The van der Waals surface area contributed by atoms with E-state index in [2.05, 4.69) is 15.7 Å². The Balaban J connectivity index is 1.62. The van der Waals surface area contributed by atoms with E-state index in [-0.39, 0.29) is 5.91 Å². The molecular formula is C16H20N4O. The molecule has 110 valence electrons. The monoisotopic (exact) mass is 284 g/mol. The number of piperidine rings is 1. The summed E-state index contributed by atoms with van der Waals surface area (Å²) in [5.74, 6) is 0.597. The number of nitrogens with zero attached hydrogens (tertiary/aromatic N) is 2. The minimum Gasteiger partial charge on any atom is -0.326 e. The summed E-state index contributed by atoms with van der Waals surface area (Å²) in [6.07, 6.45) is 6.40. The number of rotatable bonds is 4. The standard InChI is InChI=1S/C16H20N4O/c21-16(11-13-5-8-17-9-6-13)19-14-3-1-4-15(12-14)20-10-2-7-18-20/h1-4,7,10,12-13,17H,5-6,8-9,11H2,(H,19,21). The van der Waals surface area contributed by atoms with Gasteiger partial charge in [0.15, 0.2) is 0 Å².